The average Bonchev–Trinajstić information content (AvgIpc) is 2.98. The van der Waals surface area contributed by atoms with Crippen molar-refractivity contribution in [1.82, 2.24) is 9.78 Å². The molecular formula is C14H11BrFN3S. The van der Waals surface area contributed by atoms with Gasteiger partial charge in [-0.15, -0.1) is 11.3 Å². The number of anilines is 1. The van der Waals surface area contributed by atoms with E-state index < -0.39 is 0 Å². The van der Waals surface area contributed by atoms with Gasteiger partial charge in [0.25, 0.3) is 0 Å². The standard InChI is InChI=1S/C14H11BrFN3S/c15-10-5-13(20-8-10)14-12(17)7-19(18-14)6-9-1-3-11(16)4-2-9/h1-5,7-8H,6,17H2. The van der Waals surface area contributed by atoms with Gasteiger partial charge in [-0.2, -0.15) is 5.10 Å². The van der Waals surface area contributed by atoms with Crippen LogP contribution >= 0.6 is 27.3 Å². The van der Waals surface area contributed by atoms with Gasteiger partial charge in [-0.25, -0.2) is 4.39 Å². The van der Waals surface area contributed by atoms with E-state index >= 15 is 0 Å². The lowest BCUT2D eigenvalue weighted by molar-refractivity contribution is 0.624. The van der Waals surface area contributed by atoms with Gasteiger partial charge >= 0.3 is 0 Å². The smallest absolute Gasteiger partial charge is 0.125 e. The van der Waals surface area contributed by atoms with Gasteiger partial charge in [0, 0.05) is 16.0 Å². The molecule has 3 nitrogen and oxygen atoms in total. The summed E-state index contributed by atoms with van der Waals surface area (Å²) in [4.78, 5) is 1.02. The Morgan fingerprint density at radius 2 is 2.05 bits per heavy atom. The molecule has 102 valence electrons. The lowest BCUT2D eigenvalue weighted by Crippen LogP contribution is -2.00. The molecule has 0 aliphatic rings. The number of thiophene rings is 1. The largest absolute Gasteiger partial charge is 0.396 e. The fourth-order valence-corrected chi connectivity index (χ4v) is 3.36. The van der Waals surface area contributed by atoms with Crippen molar-refractivity contribution < 1.29 is 4.39 Å². The molecule has 0 fully saturated rings. The average molecular weight is 352 g/mol. The highest BCUT2D eigenvalue weighted by Gasteiger charge is 2.11. The van der Waals surface area contributed by atoms with Crippen molar-refractivity contribution in [2.45, 2.75) is 6.54 Å². The van der Waals surface area contributed by atoms with Crippen LogP contribution in [0.4, 0.5) is 10.1 Å². The molecule has 3 aromatic rings. The van der Waals surface area contributed by atoms with Crippen LogP contribution in [0.1, 0.15) is 5.56 Å². The third-order valence-corrected chi connectivity index (χ3v) is 4.55. The van der Waals surface area contributed by atoms with Crippen LogP contribution in [0.25, 0.3) is 10.6 Å². The van der Waals surface area contributed by atoms with E-state index in [4.69, 9.17) is 5.73 Å². The van der Waals surface area contributed by atoms with Crippen LogP contribution in [-0.2, 0) is 6.54 Å². The Kier molecular flexibility index (Phi) is 3.58. The second kappa shape index (κ2) is 5.38. The Bertz CT molecular complexity index is 733. The number of aromatic nitrogens is 2. The summed E-state index contributed by atoms with van der Waals surface area (Å²) in [7, 11) is 0. The van der Waals surface area contributed by atoms with Gasteiger partial charge in [0.2, 0.25) is 0 Å². The van der Waals surface area contributed by atoms with E-state index in [1.165, 1.54) is 12.1 Å². The molecule has 0 aliphatic carbocycles. The van der Waals surface area contributed by atoms with Gasteiger partial charge in [-0.1, -0.05) is 12.1 Å². The molecule has 20 heavy (non-hydrogen) atoms. The monoisotopic (exact) mass is 351 g/mol. The second-order valence-electron chi connectivity index (χ2n) is 4.39. The predicted molar refractivity (Wildman–Crippen MR) is 83.2 cm³/mol. The van der Waals surface area contributed by atoms with E-state index in [1.54, 1.807) is 34.3 Å². The van der Waals surface area contributed by atoms with Crippen LogP contribution in [-0.4, -0.2) is 9.78 Å². The fourth-order valence-electron chi connectivity index (χ4n) is 1.92. The highest BCUT2D eigenvalue weighted by Crippen LogP contribution is 2.32. The van der Waals surface area contributed by atoms with Crippen molar-refractivity contribution in [2.75, 3.05) is 5.73 Å². The van der Waals surface area contributed by atoms with Crippen molar-refractivity contribution >= 4 is 33.0 Å². The van der Waals surface area contributed by atoms with Crippen molar-refractivity contribution in [3.63, 3.8) is 0 Å². The van der Waals surface area contributed by atoms with Gasteiger partial charge in [0.15, 0.2) is 0 Å². The number of nitrogens with zero attached hydrogens (tertiary/aromatic N) is 2. The number of nitrogens with two attached hydrogens (primary N) is 1. The molecule has 2 aromatic heterocycles. The maximum absolute atomic E-state index is 12.9. The number of benzene rings is 1. The molecule has 0 amide bonds. The van der Waals surface area contributed by atoms with E-state index in [0.717, 1.165) is 20.6 Å². The third kappa shape index (κ3) is 2.76. The Morgan fingerprint density at radius 3 is 2.70 bits per heavy atom. The lowest BCUT2D eigenvalue weighted by atomic mass is 10.2. The first-order valence-electron chi connectivity index (χ1n) is 5.93. The highest BCUT2D eigenvalue weighted by molar-refractivity contribution is 9.10. The van der Waals surface area contributed by atoms with Gasteiger partial charge in [-0.3, -0.25) is 4.68 Å². The van der Waals surface area contributed by atoms with Crippen molar-refractivity contribution in [2.24, 2.45) is 0 Å². The molecule has 0 unspecified atom stereocenters. The molecule has 0 radical (unpaired) electrons. The summed E-state index contributed by atoms with van der Waals surface area (Å²) in [6.07, 6.45) is 1.80. The fraction of sp³-hybridized carbons (Fsp3) is 0.0714. The van der Waals surface area contributed by atoms with E-state index in [9.17, 15) is 4.39 Å². The minimum atomic E-state index is -0.238. The minimum Gasteiger partial charge on any atom is -0.396 e. The summed E-state index contributed by atoms with van der Waals surface area (Å²) in [5.41, 5.74) is 8.41. The highest BCUT2D eigenvalue weighted by atomic mass is 79.9. The number of halogens is 2. The van der Waals surface area contributed by atoms with Gasteiger partial charge in [0.05, 0.1) is 17.1 Å². The maximum Gasteiger partial charge on any atom is 0.125 e. The summed E-state index contributed by atoms with van der Waals surface area (Å²) in [6, 6.07) is 8.37. The van der Waals surface area contributed by atoms with Crippen LogP contribution in [0.15, 0.2) is 46.4 Å². The molecule has 0 spiro atoms. The molecule has 3 rings (SSSR count). The molecule has 2 N–H and O–H groups in total. The van der Waals surface area contributed by atoms with Crippen LogP contribution < -0.4 is 5.73 Å². The van der Waals surface area contributed by atoms with E-state index in [0.29, 0.717) is 12.2 Å². The summed E-state index contributed by atoms with van der Waals surface area (Å²) in [5, 5.41) is 6.49. The third-order valence-electron chi connectivity index (χ3n) is 2.85. The van der Waals surface area contributed by atoms with Crippen LogP contribution in [0.3, 0.4) is 0 Å². The van der Waals surface area contributed by atoms with Gasteiger partial charge < -0.3 is 5.73 Å². The van der Waals surface area contributed by atoms with E-state index in [2.05, 4.69) is 21.0 Å². The van der Waals surface area contributed by atoms with Gasteiger partial charge in [0.1, 0.15) is 11.5 Å². The number of hydrogen-bond acceptors (Lipinski definition) is 3. The van der Waals surface area contributed by atoms with Crippen LogP contribution in [0, 0.1) is 5.82 Å². The Balaban J connectivity index is 1.87. The first kappa shape index (κ1) is 13.3. The number of rotatable bonds is 3. The molecule has 0 saturated heterocycles. The Hall–Kier alpha value is -1.66. The Morgan fingerprint density at radius 1 is 1.30 bits per heavy atom. The summed E-state index contributed by atoms with van der Waals surface area (Å²) < 4.78 is 15.7. The van der Waals surface area contributed by atoms with Crippen LogP contribution in [0.5, 0.6) is 0 Å². The van der Waals surface area contributed by atoms with Crippen molar-refractivity contribution in [1.29, 1.82) is 0 Å². The first-order chi connectivity index (χ1) is 9.61. The molecule has 1 aromatic carbocycles. The molecule has 2 heterocycles. The maximum atomic E-state index is 12.9. The van der Waals surface area contributed by atoms with Gasteiger partial charge in [-0.05, 0) is 39.7 Å². The quantitative estimate of drug-likeness (QED) is 0.770. The molecule has 0 bridgehead atoms. The van der Waals surface area contributed by atoms with E-state index in [-0.39, 0.29) is 5.82 Å². The van der Waals surface area contributed by atoms with Crippen molar-refractivity contribution in [3.8, 4) is 10.6 Å². The summed E-state index contributed by atoms with van der Waals surface area (Å²) in [5.74, 6) is -0.238. The minimum absolute atomic E-state index is 0.238. The Labute approximate surface area is 128 Å². The van der Waals surface area contributed by atoms with E-state index in [1.807, 2.05) is 11.4 Å². The zero-order chi connectivity index (χ0) is 14.1. The first-order valence-corrected chi connectivity index (χ1v) is 7.61. The lowest BCUT2D eigenvalue weighted by Gasteiger charge is -2.01. The summed E-state index contributed by atoms with van der Waals surface area (Å²) >= 11 is 5.01. The molecule has 6 heteroatoms. The summed E-state index contributed by atoms with van der Waals surface area (Å²) in [6.45, 7) is 0.566. The normalized spacial score (nSPS) is 10.9. The van der Waals surface area contributed by atoms with Crippen LogP contribution in [0.2, 0.25) is 0 Å². The zero-order valence-electron chi connectivity index (χ0n) is 10.4. The molecule has 0 saturated carbocycles. The number of hydrogen-bond donors (Lipinski definition) is 1. The van der Waals surface area contributed by atoms with Crippen molar-refractivity contribution in [3.05, 3.63) is 57.8 Å². The molecule has 0 aliphatic heterocycles. The predicted octanol–water partition coefficient (Wildman–Crippen LogP) is 4.14. The molecule has 0 atom stereocenters. The second-order valence-corrected chi connectivity index (χ2v) is 6.21. The SMILES string of the molecule is Nc1cn(Cc2ccc(F)cc2)nc1-c1cc(Br)cs1. The zero-order valence-corrected chi connectivity index (χ0v) is 12.8. The molecular weight excluding hydrogens is 341 g/mol. The number of nitrogen functional groups attached to an aromatic ring is 1. The topological polar surface area (TPSA) is 43.8 Å².